The molecule has 2 aromatic rings. The van der Waals surface area contributed by atoms with Crippen LogP contribution >= 0.6 is 27.5 Å². The van der Waals surface area contributed by atoms with E-state index < -0.39 is 0 Å². The summed E-state index contributed by atoms with van der Waals surface area (Å²) >= 11 is 9.55. The summed E-state index contributed by atoms with van der Waals surface area (Å²) in [5.41, 5.74) is 2.20. The number of ether oxygens (including phenoxy) is 1. The Hall–Kier alpha value is -1.19. The van der Waals surface area contributed by atoms with Crippen LogP contribution in [0.1, 0.15) is 18.4 Å². The minimum absolute atomic E-state index is 0.402. The molecule has 0 amide bonds. The first-order valence-electron chi connectivity index (χ1n) is 6.43. The predicted octanol–water partition coefficient (Wildman–Crippen LogP) is 5.33. The highest BCUT2D eigenvalue weighted by Gasteiger charge is 2.11. The minimum atomic E-state index is 0.402. The van der Waals surface area contributed by atoms with Crippen LogP contribution in [0.4, 0.5) is 5.69 Å². The van der Waals surface area contributed by atoms with Crippen molar-refractivity contribution >= 4 is 33.2 Å². The fourth-order valence-electron chi connectivity index (χ4n) is 2.06. The first kappa shape index (κ1) is 15.2. The molecule has 0 bridgehead atoms. The molecule has 20 heavy (non-hydrogen) atoms. The van der Waals surface area contributed by atoms with E-state index in [9.17, 15) is 0 Å². The Kier molecular flexibility index (Phi) is 5.32. The lowest BCUT2D eigenvalue weighted by molar-refractivity contribution is 0.413. The molecule has 0 saturated heterocycles. The van der Waals surface area contributed by atoms with Crippen LogP contribution in [0, 0.1) is 0 Å². The van der Waals surface area contributed by atoms with Crippen molar-refractivity contribution in [3.8, 4) is 5.75 Å². The molecule has 2 rings (SSSR count). The topological polar surface area (TPSA) is 21.3 Å². The summed E-state index contributed by atoms with van der Waals surface area (Å²) < 4.78 is 6.25. The minimum Gasteiger partial charge on any atom is -0.493 e. The van der Waals surface area contributed by atoms with Gasteiger partial charge < -0.3 is 10.1 Å². The van der Waals surface area contributed by atoms with E-state index >= 15 is 0 Å². The zero-order valence-corrected chi connectivity index (χ0v) is 13.8. The second kappa shape index (κ2) is 7.00. The molecule has 0 fully saturated rings. The zero-order valence-electron chi connectivity index (χ0n) is 11.5. The first-order valence-corrected chi connectivity index (χ1v) is 7.60. The molecule has 0 saturated carbocycles. The summed E-state index contributed by atoms with van der Waals surface area (Å²) in [4.78, 5) is 0. The van der Waals surface area contributed by atoms with Crippen LogP contribution in [0.5, 0.6) is 5.75 Å². The smallest absolute Gasteiger partial charge is 0.156 e. The number of nitrogens with one attached hydrogen (secondary N) is 1. The average Bonchev–Trinajstić information content (AvgIpc) is 2.45. The van der Waals surface area contributed by atoms with Crippen LogP contribution in [0.15, 0.2) is 46.9 Å². The van der Waals surface area contributed by atoms with Gasteiger partial charge in [0, 0.05) is 11.6 Å². The maximum atomic E-state index is 6.09. The quantitative estimate of drug-likeness (QED) is 0.784. The summed E-state index contributed by atoms with van der Waals surface area (Å²) in [5.74, 6) is 1.17. The van der Waals surface area contributed by atoms with Gasteiger partial charge in [0.25, 0.3) is 0 Å². The molecule has 0 heterocycles. The van der Waals surface area contributed by atoms with Gasteiger partial charge in [-0.2, -0.15) is 0 Å². The Morgan fingerprint density at radius 3 is 2.60 bits per heavy atom. The van der Waals surface area contributed by atoms with Gasteiger partial charge in [0.2, 0.25) is 0 Å². The Morgan fingerprint density at radius 1 is 1.25 bits per heavy atom. The van der Waals surface area contributed by atoms with Gasteiger partial charge in [-0.15, -0.1) is 0 Å². The van der Waals surface area contributed by atoms with Crippen molar-refractivity contribution < 1.29 is 4.74 Å². The fourth-order valence-corrected chi connectivity index (χ4v) is 3.03. The lowest BCUT2D eigenvalue weighted by Crippen LogP contribution is -2.10. The average molecular weight is 355 g/mol. The molecular weight excluding hydrogens is 338 g/mol. The molecule has 1 unspecified atom stereocenters. The lowest BCUT2D eigenvalue weighted by atomic mass is 10.0. The highest BCUT2D eigenvalue weighted by Crippen LogP contribution is 2.36. The Labute approximate surface area is 133 Å². The van der Waals surface area contributed by atoms with Crippen LogP contribution in [0.3, 0.4) is 0 Å². The van der Waals surface area contributed by atoms with Crippen molar-refractivity contribution in [2.45, 2.75) is 12.8 Å². The second-order valence-corrected chi connectivity index (χ2v) is 5.95. The summed E-state index contributed by atoms with van der Waals surface area (Å²) in [5, 5.41) is 4.08. The van der Waals surface area contributed by atoms with Gasteiger partial charge >= 0.3 is 0 Å². The predicted molar refractivity (Wildman–Crippen MR) is 89.1 cm³/mol. The summed E-state index contributed by atoms with van der Waals surface area (Å²) in [6.07, 6.45) is 0. The van der Waals surface area contributed by atoms with E-state index in [4.69, 9.17) is 16.3 Å². The van der Waals surface area contributed by atoms with Gasteiger partial charge in [-0.1, -0.05) is 48.9 Å². The van der Waals surface area contributed by atoms with E-state index in [0.717, 1.165) is 22.5 Å². The van der Waals surface area contributed by atoms with Crippen molar-refractivity contribution in [2.75, 3.05) is 19.0 Å². The third kappa shape index (κ3) is 3.68. The number of benzene rings is 2. The number of methoxy groups -OCH3 is 1. The molecule has 1 N–H and O–H groups in total. The summed E-state index contributed by atoms with van der Waals surface area (Å²) in [6, 6.07) is 14.1. The number of hydrogen-bond acceptors (Lipinski definition) is 2. The monoisotopic (exact) mass is 353 g/mol. The largest absolute Gasteiger partial charge is 0.493 e. The number of anilines is 1. The second-order valence-electron chi connectivity index (χ2n) is 4.66. The third-order valence-corrected chi connectivity index (χ3v) is 3.99. The van der Waals surface area contributed by atoms with Gasteiger partial charge in [0.15, 0.2) is 5.75 Å². The number of halogens is 2. The molecule has 4 heteroatoms. The molecule has 2 nitrogen and oxygen atoms in total. The van der Waals surface area contributed by atoms with Gasteiger partial charge in [-0.3, -0.25) is 0 Å². The zero-order chi connectivity index (χ0) is 14.5. The van der Waals surface area contributed by atoms with Crippen LogP contribution in [-0.4, -0.2) is 13.7 Å². The molecule has 0 spiro atoms. The van der Waals surface area contributed by atoms with E-state index in [1.165, 1.54) is 5.56 Å². The van der Waals surface area contributed by atoms with Crippen LogP contribution in [0.25, 0.3) is 0 Å². The third-order valence-electron chi connectivity index (χ3n) is 3.18. The SMILES string of the molecule is COc1c(Br)cc(Cl)cc1NCC(C)c1ccccc1. The first-order chi connectivity index (χ1) is 9.61. The lowest BCUT2D eigenvalue weighted by Gasteiger charge is -2.17. The van der Waals surface area contributed by atoms with Gasteiger partial charge in [0.05, 0.1) is 17.3 Å². The molecule has 0 aromatic heterocycles. The highest BCUT2D eigenvalue weighted by atomic mass is 79.9. The summed E-state index contributed by atoms with van der Waals surface area (Å²) in [6.45, 7) is 3.00. The van der Waals surface area contributed by atoms with E-state index in [1.807, 2.05) is 18.2 Å². The molecule has 0 aliphatic heterocycles. The van der Waals surface area contributed by atoms with E-state index in [-0.39, 0.29) is 0 Å². The van der Waals surface area contributed by atoms with E-state index in [1.54, 1.807) is 7.11 Å². The highest BCUT2D eigenvalue weighted by molar-refractivity contribution is 9.10. The summed E-state index contributed by atoms with van der Waals surface area (Å²) in [7, 11) is 1.65. The van der Waals surface area contributed by atoms with Crippen molar-refractivity contribution in [3.63, 3.8) is 0 Å². The molecule has 2 aromatic carbocycles. The van der Waals surface area contributed by atoms with E-state index in [2.05, 4.69) is 52.4 Å². The van der Waals surface area contributed by atoms with Crippen molar-refractivity contribution in [1.82, 2.24) is 0 Å². The van der Waals surface area contributed by atoms with Crippen molar-refractivity contribution in [3.05, 3.63) is 57.5 Å². The number of rotatable bonds is 5. The van der Waals surface area contributed by atoms with E-state index in [0.29, 0.717) is 10.9 Å². The Balaban J connectivity index is 2.11. The molecular formula is C16H17BrClNO. The molecule has 1 atom stereocenters. The molecule has 0 aliphatic carbocycles. The molecule has 0 radical (unpaired) electrons. The maximum Gasteiger partial charge on any atom is 0.156 e. The normalized spacial score (nSPS) is 12.0. The molecule has 106 valence electrons. The molecule has 0 aliphatic rings. The standard InChI is InChI=1S/C16H17BrClNO/c1-11(12-6-4-3-5-7-12)10-19-15-9-13(18)8-14(17)16(15)20-2/h3-9,11,19H,10H2,1-2H3. The van der Waals surface area contributed by atoms with Crippen LogP contribution < -0.4 is 10.1 Å². The fraction of sp³-hybridized carbons (Fsp3) is 0.250. The van der Waals surface area contributed by atoms with Crippen molar-refractivity contribution in [1.29, 1.82) is 0 Å². The van der Waals surface area contributed by atoms with Gasteiger partial charge in [0.1, 0.15) is 0 Å². The maximum absolute atomic E-state index is 6.09. The van der Waals surface area contributed by atoms with Crippen LogP contribution in [-0.2, 0) is 0 Å². The number of hydrogen-bond donors (Lipinski definition) is 1. The van der Waals surface area contributed by atoms with Crippen LogP contribution in [0.2, 0.25) is 5.02 Å². The Morgan fingerprint density at radius 2 is 1.95 bits per heavy atom. The van der Waals surface area contributed by atoms with Gasteiger partial charge in [-0.25, -0.2) is 0 Å². The van der Waals surface area contributed by atoms with Crippen molar-refractivity contribution in [2.24, 2.45) is 0 Å². The van der Waals surface area contributed by atoms with Gasteiger partial charge in [-0.05, 0) is 39.5 Å². The Bertz CT molecular complexity index is 574.